The quantitative estimate of drug-likeness (QED) is 0.131. The summed E-state index contributed by atoms with van der Waals surface area (Å²) in [6.07, 6.45) is -16.8. The molecule has 2 aromatic carbocycles. The number of aromatic hydroxyl groups is 1. The van der Waals surface area contributed by atoms with Crippen molar-refractivity contribution in [1.82, 2.24) is 0 Å². The summed E-state index contributed by atoms with van der Waals surface area (Å²) in [6.45, 7) is 4.03. The highest BCUT2D eigenvalue weighted by Crippen LogP contribution is 2.35. The van der Waals surface area contributed by atoms with Crippen LogP contribution >= 0.6 is 0 Å². The number of ether oxygens (including phenoxy) is 5. The van der Waals surface area contributed by atoms with E-state index in [0.29, 0.717) is 12.8 Å². The predicted octanol–water partition coefficient (Wildman–Crippen LogP) is -1.000. The standard InChI is InChI=1S/C31H40O16/c1-12(8-14-4-6-16(32)18(10-14)45-31-25(38)21(34)23(36)27(47-31)29(41)42)13(2)9-15-5-7-17(19(11-15)43-3)44-30-24(37)20(33)22(35)26(46-30)28(39)40/h4-7,10-13,20-27,30-38H,8-9H2,1-3H3,(H,39,40)(H,41,42)/t12-,13+,20-,21-,22-,23-,24+,25+,26-,27-,30+,31+/m0/s1. The van der Waals surface area contributed by atoms with E-state index in [1.807, 2.05) is 13.8 Å². The lowest BCUT2D eigenvalue weighted by Gasteiger charge is -2.38. The molecule has 2 fully saturated rings. The topological polar surface area (TPSA) is 262 Å². The predicted molar refractivity (Wildman–Crippen MR) is 157 cm³/mol. The Labute approximate surface area is 268 Å². The number of methoxy groups -OCH3 is 1. The number of carbonyl (C=O) groups is 2. The Morgan fingerprint density at radius 2 is 1.09 bits per heavy atom. The van der Waals surface area contributed by atoms with Crippen LogP contribution in [0.5, 0.6) is 23.0 Å². The molecule has 16 heteroatoms. The third-order valence-electron chi connectivity index (χ3n) is 8.45. The van der Waals surface area contributed by atoms with Gasteiger partial charge in [0.2, 0.25) is 12.6 Å². The number of hydrogen-bond donors (Lipinski definition) is 9. The highest BCUT2D eigenvalue weighted by molar-refractivity contribution is 5.74. The van der Waals surface area contributed by atoms with Crippen LogP contribution in [0.25, 0.3) is 0 Å². The molecule has 9 N–H and O–H groups in total. The summed E-state index contributed by atoms with van der Waals surface area (Å²) in [4.78, 5) is 22.8. The van der Waals surface area contributed by atoms with Gasteiger partial charge in [-0.25, -0.2) is 9.59 Å². The fraction of sp³-hybridized carbons (Fsp3) is 0.548. The maximum absolute atomic E-state index is 11.4. The van der Waals surface area contributed by atoms with Crippen LogP contribution in [-0.4, -0.2) is 126 Å². The van der Waals surface area contributed by atoms with E-state index in [9.17, 15) is 55.5 Å². The first kappa shape index (κ1) is 36.1. The molecule has 0 saturated carbocycles. The lowest BCUT2D eigenvalue weighted by molar-refractivity contribution is -0.271. The van der Waals surface area contributed by atoms with Gasteiger partial charge in [0, 0.05) is 0 Å². The van der Waals surface area contributed by atoms with Crippen molar-refractivity contribution in [3.8, 4) is 23.0 Å². The Morgan fingerprint density at radius 1 is 0.660 bits per heavy atom. The zero-order chi connectivity index (χ0) is 34.7. The summed E-state index contributed by atoms with van der Waals surface area (Å²) >= 11 is 0. The van der Waals surface area contributed by atoms with Crippen LogP contribution in [0.3, 0.4) is 0 Å². The molecule has 0 bridgehead atoms. The molecule has 2 aromatic rings. The van der Waals surface area contributed by atoms with Gasteiger partial charge in [0.1, 0.15) is 36.6 Å². The first-order chi connectivity index (χ1) is 22.1. The number of phenols is 1. The summed E-state index contributed by atoms with van der Waals surface area (Å²) in [5.74, 6) is -3.04. The molecule has 16 nitrogen and oxygen atoms in total. The van der Waals surface area contributed by atoms with Crippen LogP contribution in [0, 0.1) is 11.8 Å². The summed E-state index contributed by atoms with van der Waals surface area (Å²) in [7, 11) is 1.39. The van der Waals surface area contributed by atoms with Crippen LogP contribution in [-0.2, 0) is 31.9 Å². The second kappa shape index (κ2) is 15.0. The number of aliphatic hydroxyl groups excluding tert-OH is 6. The number of aliphatic hydroxyl groups is 6. The molecule has 0 aliphatic carbocycles. The van der Waals surface area contributed by atoms with E-state index in [-0.39, 0.29) is 34.8 Å². The molecule has 0 radical (unpaired) electrons. The fourth-order valence-electron chi connectivity index (χ4n) is 5.41. The maximum atomic E-state index is 11.4. The van der Waals surface area contributed by atoms with Crippen molar-refractivity contribution < 1.29 is 79.2 Å². The smallest absolute Gasteiger partial charge is 0.335 e. The largest absolute Gasteiger partial charge is 0.504 e. The zero-order valence-electron chi connectivity index (χ0n) is 25.7. The van der Waals surface area contributed by atoms with Crippen LogP contribution in [0.15, 0.2) is 36.4 Å². The lowest BCUT2D eigenvalue weighted by atomic mass is 9.85. The second-order valence-corrected chi connectivity index (χ2v) is 11.9. The number of hydrogen-bond acceptors (Lipinski definition) is 14. The van der Waals surface area contributed by atoms with Gasteiger partial charge < -0.3 is 69.6 Å². The average Bonchev–Trinajstić information content (AvgIpc) is 3.03. The normalized spacial score (nSPS) is 32.2. The van der Waals surface area contributed by atoms with Crippen LogP contribution in [0.2, 0.25) is 0 Å². The molecule has 0 amide bonds. The minimum atomic E-state index is -1.89. The van der Waals surface area contributed by atoms with Crippen molar-refractivity contribution in [3.05, 3.63) is 47.5 Å². The highest BCUT2D eigenvalue weighted by Gasteiger charge is 2.49. The van der Waals surface area contributed by atoms with Crippen molar-refractivity contribution in [2.75, 3.05) is 7.11 Å². The molecule has 0 unspecified atom stereocenters. The number of phenolic OH excluding ortho intramolecular Hbond substituents is 1. The van der Waals surface area contributed by atoms with Crippen molar-refractivity contribution in [3.63, 3.8) is 0 Å². The Morgan fingerprint density at radius 3 is 1.53 bits per heavy atom. The van der Waals surface area contributed by atoms with E-state index in [1.165, 1.54) is 19.2 Å². The molecule has 0 aromatic heterocycles. The maximum Gasteiger partial charge on any atom is 0.335 e. The SMILES string of the molecule is COc1cc(C[C@@H](C)[C@@H](C)Cc2ccc(O)c(O[C@@H]3O[C@H](C(=O)O)[C@@H](O)[C@H](O)[C@H]3O)c2)ccc1O[C@@H]1O[C@H](C(=O)O)[C@@H](O)[C@H](O)[C@H]1O. The minimum absolute atomic E-state index is 0.0610. The van der Waals surface area contributed by atoms with E-state index in [1.54, 1.807) is 24.3 Å². The van der Waals surface area contributed by atoms with E-state index in [0.717, 1.165) is 11.1 Å². The summed E-state index contributed by atoms with van der Waals surface area (Å²) in [5.41, 5.74) is 1.58. The van der Waals surface area contributed by atoms with Crippen molar-refractivity contribution in [2.24, 2.45) is 11.8 Å². The average molecular weight is 669 g/mol. The molecule has 2 saturated heterocycles. The molecule has 2 heterocycles. The molecule has 4 rings (SSSR count). The number of carboxylic acids is 2. The Bertz CT molecular complexity index is 1400. The van der Waals surface area contributed by atoms with Gasteiger partial charge in [0.05, 0.1) is 7.11 Å². The number of rotatable bonds is 12. The van der Waals surface area contributed by atoms with E-state index >= 15 is 0 Å². The summed E-state index contributed by atoms with van der Waals surface area (Å²) in [5, 5.41) is 89.4. The second-order valence-electron chi connectivity index (χ2n) is 11.9. The molecule has 12 atom stereocenters. The van der Waals surface area contributed by atoms with Gasteiger partial charge in [0.25, 0.3) is 0 Å². The van der Waals surface area contributed by atoms with Gasteiger partial charge in [0.15, 0.2) is 35.2 Å². The van der Waals surface area contributed by atoms with Gasteiger partial charge in [-0.1, -0.05) is 26.0 Å². The Kier molecular flexibility index (Phi) is 11.5. The molecular formula is C31H40O16. The molecular weight excluding hydrogens is 628 g/mol. The van der Waals surface area contributed by atoms with Crippen LogP contribution < -0.4 is 14.2 Å². The van der Waals surface area contributed by atoms with Crippen molar-refractivity contribution in [2.45, 2.75) is 88.1 Å². The van der Waals surface area contributed by atoms with Crippen LogP contribution in [0.4, 0.5) is 0 Å². The third kappa shape index (κ3) is 8.05. The van der Waals surface area contributed by atoms with E-state index in [4.69, 9.17) is 23.7 Å². The number of aliphatic carboxylic acids is 2. The minimum Gasteiger partial charge on any atom is -0.504 e. The molecule has 260 valence electrons. The van der Waals surface area contributed by atoms with Crippen molar-refractivity contribution >= 4 is 11.9 Å². The first-order valence-corrected chi connectivity index (χ1v) is 14.8. The van der Waals surface area contributed by atoms with Gasteiger partial charge >= 0.3 is 11.9 Å². The van der Waals surface area contributed by atoms with Crippen molar-refractivity contribution in [1.29, 1.82) is 0 Å². The molecule has 2 aliphatic rings. The van der Waals surface area contributed by atoms with Gasteiger partial charge in [-0.2, -0.15) is 0 Å². The summed E-state index contributed by atoms with van der Waals surface area (Å²) in [6, 6.07) is 9.53. The fourth-order valence-corrected chi connectivity index (χ4v) is 5.41. The Hall–Kier alpha value is -3.74. The number of benzene rings is 2. The lowest BCUT2D eigenvalue weighted by Crippen LogP contribution is -2.61. The number of carboxylic acid groups (broad SMARTS) is 2. The first-order valence-electron chi connectivity index (χ1n) is 14.8. The monoisotopic (exact) mass is 668 g/mol. The van der Waals surface area contributed by atoms with Gasteiger partial charge in [-0.05, 0) is 60.1 Å². The summed E-state index contributed by atoms with van der Waals surface area (Å²) < 4.78 is 27.0. The van der Waals surface area contributed by atoms with Crippen LogP contribution in [0.1, 0.15) is 25.0 Å². The Balaban J connectivity index is 1.40. The molecule has 0 spiro atoms. The van der Waals surface area contributed by atoms with E-state index < -0.39 is 73.4 Å². The molecule has 47 heavy (non-hydrogen) atoms. The zero-order valence-corrected chi connectivity index (χ0v) is 25.7. The van der Waals surface area contributed by atoms with E-state index in [2.05, 4.69) is 0 Å². The molecule has 2 aliphatic heterocycles. The van der Waals surface area contributed by atoms with Gasteiger partial charge in [-0.15, -0.1) is 0 Å². The highest BCUT2D eigenvalue weighted by atomic mass is 16.7. The third-order valence-corrected chi connectivity index (χ3v) is 8.45. The van der Waals surface area contributed by atoms with Gasteiger partial charge in [-0.3, -0.25) is 0 Å².